The summed E-state index contributed by atoms with van der Waals surface area (Å²) in [4.78, 5) is 22.4. The number of nitrogens with one attached hydrogen (secondary N) is 1. The first-order valence-corrected chi connectivity index (χ1v) is 7.49. The molecule has 22 heavy (non-hydrogen) atoms. The zero-order valence-corrected chi connectivity index (χ0v) is 13.1. The van der Waals surface area contributed by atoms with Gasteiger partial charge >= 0.3 is 5.82 Å². The molecule has 122 valence electrons. The topological polar surface area (TPSA) is 99.3 Å². The van der Waals surface area contributed by atoms with Crippen molar-refractivity contribution in [3.05, 3.63) is 21.9 Å². The number of nitro groups is 1. The Labute approximate surface area is 129 Å². The van der Waals surface area contributed by atoms with Crippen LogP contribution in [0.1, 0.15) is 32.4 Å². The van der Waals surface area contributed by atoms with Gasteiger partial charge in [0.1, 0.15) is 0 Å². The van der Waals surface area contributed by atoms with Crippen LogP contribution in [0.3, 0.4) is 0 Å². The molecule has 0 spiro atoms. The molecule has 1 aliphatic heterocycles. The minimum atomic E-state index is -0.534. The van der Waals surface area contributed by atoms with E-state index in [0.717, 1.165) is 19.4 Å². The number of hydrogen-bond donors (Lipinski definition) is 1. The molecule has 8 heteroatoms. The Morgan fingerprint density at radius 3 is 2.91 bits per heavy atom. The standard InChI is InChI=1S/C14H22N4O4/c1-9(8-17-10(2)7-13(16-17)18(20)21)14(19)15-11(3)12-5-4-6-22-12/h7,9,11-12H,4-6,8H2,1-3H3,(H,15,19). The first-order valence-electron chi connectivity index (χ1n) is 7.49. The lowest BCUT2D eigenvalue weighted by atomic mass is 10.1. The van der Waals surface area contributed by atoms with Crippen molar-refractivity contribution in [1.82, 2.24) is 15.1 Å². The summed E-state index contributed by atoms with van der Waals surface area (Å²) >= 11 is 0. The Morgan fingerprint density at radius 2 is 2.36 bits per heavy atom. The van der Waals surface area contributed by atoms with Gasteiger partial charge in [-0.15, -0.1) is 0 Å². The normalized spacial score (nSPS) is 20.6. The van der Waals surface area contributed by atoms with Crippen LogP contribution >= 0.6 is 0 Å². The molecule has 1 saturated heterocycles. The van der Waals surface area contributed by atoms with Gasteiger partial charge in [0.15, 0.2) is 0 Å². The van der Waals surface area contributed by atoms with Crippen molar-refractivity contribution >= 4 is 11.7 Å². The van der Waals surface area contributed by atoms with E-state index in [2.05, 4.69) is 10.4 Å². The Morgan fingerprint density at radius 1 is 1.64 bits per heavy atom. The van der Waals surface area contributed by atoms with Gasteiger partial charge in [0.2, 0.25) is 5.91 Å². The van der Waals surface area contributed by atoms with Crippen LogP contribution in [0, 0.1) is 23.0 Å². The highest BCUT2D eigenvalue weighted by Crippen LogP contribution is 2.16. The average molecular weight is 310 g/mol. The Bertz CT molecular complexity index is 551. The van der Waals surface area contributed by atoms with Gasteiger partial charge in [-0.2, -0.15) is 4.68 Å². The van der Waals surface area contributed by atoms with Crippen LogP contribution in [0.25, 0.3) is 0 Å². The van der Waals surface area contributed by atoms with E-state index in [9.17, 15) is 14.9 Å². The van der Waals surface area contributed by atoms with Gasteiger partial charge in [-0.3, -0.25) is 4.79 Å². The van der Waals surface area contributed by atoms with Gasteiger partial charge < -0.3 is 20.2 Å². The molecular formula is C14H22N4O4. The van der Waals surface area contributed by atoms with E-state index >= 15 is 0 Å². The van der Waals surface area contributed by atoms with Crippen LogP contribution in [0.5, 0.6) is 0 Å². The van der Waals surface area contributed by atoms with E-state index in [1.165, 1.54) is 10.7 Å². The monoisotopic (exact) mass is 310 g/mol. The second-order valence-corrected chi connectivity index (χ2v) is 5.83. The highest BCUT2D eigenvalue weighted by molar-refractivity contribution is 5.78. The number of amides is 1. The van der Waals surface area contributed by atoms with Gasteiger partial charge in [0, 0.05) is 6.61 Å². The summed E-state index contributed by atoms with van der Waals surface area (Å²) in [5, 5.41) is 17.6. The fourth-order valence-electron chi connectivity index (χ4n) is 2.57. The molecule has 0 bridgehead atoms. The molecule has 0 radical (unpaired) electrons. The molecule has 0 aromatic carbocycles. The second kappa shape index (κ2) is 6.87. The molecule has 2 heterocycles. The van der Waals surface area contributed by atoms with Gasteiger partial charge in [0.25, 0.3) is 0 Å². The highest BCUT2D eigenvalue weighted by Gasteiger charge is 2.26. The minimum Gasteiger partial charge on any atom is -0.376 e. The molecule has 1 fully saturated rings. The fourth-order valence-corrected chi connectivity index (χ4v) is 2.57. The minimum absolute atomic E-state index is 0.0366. The highest BCUT2D eigenvalue weighted by atomic mass is 16.6. The van der Waals surface area contributed by atoms with E-state index < -0.39 is 4.92 Å². The predicted octanol–water partition coefficient (Wildman–Crippen LogP) is 1.42. The van der Waals surface area contributed by atoms with Crippen LogP contribution < -0.4 is 5.32 Å². The third-order valence-electron chi connectivity index (χ3n) is 3.94. The molecule has 2 rings (SSSR count). The predicted molar refractivity (Wildman–Crippen MR) is 79.4 cm³/mol. The zero-order valence-electron chi connectivity index (χ0n) is 13.1. The van der Waals surface area contributed by atoms with Gasteiger partial charge in [-0.05, 0) is 31.6 Å². The number of aromatic nitrogens is 2. The van der Waals surface area contributed by atoms with Crippen molar-refractivity contribution in [2.24, 2.45) is 5.92 Å². The number of rotatable bonds is 6. The maximum Gasteiger partial charge on any atom is 0.390 e. The van der Waals surface area contributed by atoms with E-state index in [1.54, 1.807) is 13.8 Å². The average Bonchev–Trinajstić information content (AvgIpc) is 3.09. The van der Waals surface area contributed by atoms with Crippen LogP contribution in [-0.4, -0.2) is 39.4 Å². The van der Waals surface area contributed by atoms with Crippen LogP contribution in [-0.2, 0) is 16.1 Å². The van der Waals surface area contributed by atoms with Crippen molar-refractivity contribution < 1.29 is 14.5 Å². The molecule has 3 unspecified atom stereocenters. The third-order valence-corrected chi connectivity index (χ3v) is 3.94. The second-order valence-electron chi connectivity index (χ2n) is 5.83. The Hall–Kier alpha value is -1.96. The lowest BCUT2D eigenvalue weighted by molar-refractivity contribution is -0.389. The van der Waals surface area contributed by atoms with Crippen LogP contribution in [0.2, 0.25) is 0 Å². The molecule has 0 saturated carbocycles. The molecular weight excluding hydrogens is 288 g/mol. The summed E-state index contributed by atoms with van der Waals surface area (Å²) in [5.74, 6) is -0.625. The zero-order chi connectivity index (χ0) is 16.3. The quantitative estimate of drug-likeness (QED) is 0.633. The summed E-state index contributed by atoms with van der Waals surface area (Å²) in [6, 6.07) is 1.37. The van der Waals surface area contributed by atoms with Crippen molar-refractivity contribution in [1.29, 1.82) is 0 Å². The van der Waals surface area contributed by atoms with Crippen molar-refractivity contribution in [3.63, 3.8) is 0 Å². The fraction of sp³-hybridized carbons (Fsp3) is 0.714. The lowest BCUT2D eigenvalue weighted by Crippen LogP contribution is -2.43. The van der Waals surface area contributed by atoms with E-state index in [0.29, 0.717) is 12.2 Å². The summed E-state index contributed by atoms with van der Waals surface area (Å²) in [6.45, 7) is 6.51. The molecule has 1 aromatic rings. The largest absolute Gasteiger partial charge is 0.390 e. The van der Waals surface area contributed by atoms with Crippen molar-refractivity contribution in [3.8, 4) is 0 Å². The molecule has 1 N–H and O–H groups in total. The van der Waals surface area contributed by atoms with E-state index in [-0.39, 0.29) is 29.8 Å². The third kappa shape index (κ3) is 3.82. The van der Waals surface area contributed by atoms with Crippen LogP contribution in [0.4, 0.5) is 5.82 Å². The number of nitrogens with zero attached hydrogens (tertiary/aromatic N) is 3. The summed E-state index contributed by atoms with van der Waals surface area (Å²) < 4.78 is 7.05. The van der Waals surface area contributed by atoms with Crippen molar-refractivity contribution in [2.75, 3.05) is 6.61 Å². The van der Waals surface area contributed by atoms with Crippen LogP contribution in [0.15, 0.2) is 6.07 Å². The molecule has 1 aromatic heterocycles. The number of carbonyl (C=O) groups excluding carboxylic acids is 1. The molecule has 1 amide bonds. The smallest absolute Gasteiger partial charge is 0.376 e. The molecule has 0 aliphatic carbocycles. The van der Waals surface area contributed by atoms with E-state index in [4.69, 9.17) is 4.74 Å². The maximum atomic E-state index is 12.2. The summed E-state index contributed by atoms with van der Waals surface area (Å²) in [6.07, 6.45) is 2.06. The SMILES string of the molecule is Cc1cc([N+](=O)[O-])nn1CC(C)C(=O)NC(C)C1CCCO1. The molecule has 8 nitrogen and oxygen atoms in total. The summed E-state index contributed by atoms with van der Waals surface area (Å²) in [7, 11) is 0. The molecule has 3 atom stereocenters. The van der Waals surface area contributed by atoms with Gasteiger partial charge in [-0.1, -0.05) is 6.92 Å². The van der Waals surface area contributed by atoms with E-state index in [1.807, 2.05) is 6.92 Å². The lowest BCUT2D eigenvalue weighted by Gasteiger charge is -2.22. The van der Waals surface area contributed by atoms with Gasteiger partial charge in [0.05, 0.1) is 41.5 Å². The Balaban J connectivity index is 1.92. The van der Waals surface area contributed by atoms with Crippen molar-refractivity contribution in [2.45, 2.75) is 52.3 Å². The first kappa shape index (κ1) is 16.4. The Kier molecular flexibility index (Phi) is 5.12. The number of carbonyl (C=O) groups is 1. The van der Waals surface area contributed by atoms with Gasteiger partial charge in [-0.25, -0.2) is 0 Å². The number of hydrogen-bond acceptors (Lipinski definition) is 5. The molecule has 1 aliphatic rings. The maximum absolute atomic E-state index is 12.2. The summed E-state index contributed by atoms with van der Waals surface area (Å²) in [5.41, 5.74) is 0.665. The first-order chi connectivity index (χ1) is 10.4. The number of ether oxygens (including phenoxy) is 1. The number of aryl methyl sites for hydroxylation is 1.